The first kappa shape index (κ1) is 17.7. The molecule has 1 heterocycles. The van der Waals surface area contributed by atoms with Crippen LogP contribution in [-0.4, -0.2) is 26.7 Å². The van der Waals surface area contributed by atoms with Crippen molar-refractivity contribution in [3.63, 3.8) is 0 Å². The van der Waals surface area contributed by atoms with Gasteiger partial charge in [0, 0.05) is 6.42 Å². The Hall–Kier alpha value is -0.400. The second-order valence-electron chi connectivity index (χ2n) is 5.97. The average Bonchev–Trinajstić information content (AvgIpc) is 2.54. The number of nitrogens with zero attached hydrogens (tertiary/aromatic N) is 2. The van der Waals surface area contributed by atoms with E-state index >= 15 is 0 Å². The van der Waals surface area contributed by atoms with Crippen molar-refractivity contribution in [3.8, 4) is 0 Å². The van der Waals surface area contributed by atoms with Gasteiger partial charge in [0.1, 0.15) is 26.2 Å². The molecule has 0 amide bonds. The summed E-state index contributed by atoms with van der Waals surface area (Å²) < 4.78 is 8.73. The molecular formula is C13H21Br2N3O2. The minimum absolute atomic E-state index is 0.296. The number of rotatable bonds is 4. The van der Waals surface area contributed by atoms with Crippen LogP contribution in [0.4, 0.5) is 0 Å². The molecule has 2 N–H and O–H groups in total. The molecule has 1 unspecified atom stereocenters. The summed E-state index contributed by atoms with van der Waals surface area (Å²) in [4.78, 5) is 16.6. The van der Waals surface area contributed by atoms with Gasteiger partial charge >= 0.3 is 5.97 Å². The molecule has 20 heavy (non-hydrogen) atoms. The van der Waals surface area contributed by atoms with Gasteiger partial charge in [-0.25, -0.2) is 9.78 Å². The van der Waals surface area contributed by atoms with Crippen molar-refractivity contribution in [1.29, 1.82) is 0 Å². The van der Waals surface area contributed by atoms with E-state index in [0.717, 1.165) is 16.8 Å². The lowest BCUT2D eigenvalue weighted by atomic mass is 10.0. The lowest BCUT2D eigenvalue weighted by Crippen LogP contribution is -2.51. The van der Waals surface area contributed by atoms with E-state index in [1.165, 1.54) is 0 Å². The van der Waals surface area contributed by atoms with Crippen LogP contribution in [0.5, 0.6) is 0 Å². The minimum atomic E-state index is -1.13. The maximum Gasteiger partial charge on any atom is 0.328 e. The third-order valence-corrected chi connectivity index (χ3v) is 4.50. The van der Waals surface area contributed by atoms with Gasteiger partial charge in [-0.1, -0.05) is 6.92 Å². The Labute approximate surface area is 136 Å². The van der Waals surface area contributed by atoms with Crippen molar-refractivity contribution in [2.24, 2.45) is 5.73 Å². The Bertz CT molecular complexity index is 504. The molecule has 1 aromatic heterocycles. The lowest BCUT2D eigenvalue weighted by molar-refractivity contribution is -0.161. The van der Waals surface area contributed by atoms with Crippen molar-refractivity contribution in [3.05, 3.63) is 15.0 Å². The quantitative estimate of drug-likeness (QED) is 0.774. The van der Waals surface area contributed by atoms with Crippen molar-refractivity contribution in [2.75, 3.05) is 0 Å². The zero-order valence-corrected chi connectivity index (χ0v) is 15.6. The van der Waals surface area contributed by atoms with Crippen LogP contribution in [-0.2, 0) is 22.5 Å². The molecule has 0 aromatic carbocycles. The van der Waals surface area contributed by atoms with Gasteiger partial charge in [0.2, 0.25) is 0 Å². The fraction of sp³-hybridized carbons (Fsp3) is 0.692. The number of imidazole rings is 1. The summed E-state index contributed by atoms with van der Waals surface area (Å²) in [5.74, 6) is 0.424. The zero-order valence-electron chi connectivity index (χ0n) is 12.5. The Morgan fingerprint density at radius 3 is 2.35 bits per heavy atom. The summed E-state index contributed by atoms with van der Waals surface area (Å²) in [6.07, 6.45) is 0.745. The van der Waals surface area contributed by atoms with Crippen LogP contribution in [0.3, 0.4) is 0 Å². The van der Waals surface area contributed by atoms with Gasteiger partial charge in [-0.05, 0) is 59.6 Å². The van der Waals surface area contributed by atoms with E-state index in [4.69, 9.17) is 10.5 Å². The third-order valence-electron chi connectivity index (χ3n) is 2.61. The van der Waals surface area contributed by atoms with Crippen molar-refractivity contribution >= 4 is 37.8 Å². The summed E-state index contributed by atoms with van der Waals surface area (Å²) in [5, 5.41) is 0. The van der Waals surface area contributed by atoms with Gasteiger partial charge < -0.3 is 15.0 Å². The number of carbonyl (C=O) groups is 1. The number of aryl methyl sites for hydroxylation is 1. The summed E-state index contributed by atoms with van der Waals surface area (Å²) in [6, 6.07) is 0. The van der Waals surface area contributed by atoms with E-state index < -0.39 is 17.1 Å². The van der Waals surface area contributed by atoms with Crippen molar-refractivity contribution in [1.82, 2.24) is 9.55 Å². The van der Waals surface area contributed by atoms with Crippen LogP contribution in [0.1, 0.15) is 40.4 Å². The highest BCUT2D eigenvalue weighted by Gasteiger charge is 2.35. The van der Waals surface area contributed by atoms with Crippen LogP contribution in [0, 0.1) is 0 Å². The Morgan fingerprint density at radius 1 is 1.35 bits per heavy atom. The predicted octanol–water partition coefficient (Wildman–Crippen LogP) is 3.03. The lowest BCUT2D eigenvalue weighted by Gasteiger charge is -2.29. The van der Waals surface area contributed by atoms with E-state index in [1.807, 2.05) is 32.3 Å². The monoisotopic (exact) mass is 409 g/mol. The third kappa shape index (κ3) is 4.30. The van der Waals surface area contributed by atoms with Gasteiger partial charge in [0.05, 0.1) is 6.54 Å². The number of aromatic nitrogens is 2. The van der Waals surface area contributed by atoms with Gasteiger partial charge in [-0.2, -0.15) is 0 Å². The molecule has 0 radical (unpaired) electrons. The summed E-state index contributed by atoms with van der Waals surface area (Å²) in [7, 11) is 0. The smallest absolute Gasteiger partial charge is 0.328 e. The first-order valence-electron chi connectivity index (χ1n) is 6.40. The molecule has 0 saturated carbocycles. The van der Waals surface area contributed by atoms with Crippen molar-refractivity contribution in [2.45, 2.75) is 58.7 Å². The number of hydrogen-bond acceptors (Lipinski definition) is 4. The minimum Gasteiger partial charge on any atom is -0.459 e. The number of carbonyl (C=O) groups excluding carboxylic acids is 1. The first-order chi connectivity index (χ1) is 8.98. The topological polar surface area (TPSA) is 70.1 Å². The first-order valence-corrected chi connectivity index (χ1v) is 7.99. The normalized spacial score (nSPS) is 15.0. The number of halogens is 2. The van der Waals surface area contributed by atoms with E-state index in [0.29, 0.717) is 11.1 Å². The molecule has 0 aliphatic heterocycles. The maximum absolute atomic E-state index is 12.2. The van der Waals surface area contributed by atoms with Crippen molar-refractivity contribution < 1.29 is 9.53 Å². The molecule has 7 heteroatoms. The van der Waals surface area contributed by atoms with Gasteiger partial charge in [-0.15, -0.1) is 0 Å². The Morgan fingerprint density at radius 2 is 1.90 bits per heavy atom. The van der Waals surface area contributed by atoms with E-state index in [9.17, 15) is 4.79 Å². The van der Waals surface area contributed by atoms with Gasteiger partial charge in [-0.3, -0.25) is 0 Å². The average molecular weight is 411 g/mol. The van der Waals surface area contributed by atoms with E-state index in [-0.39, 0.29) is 0 Å². The largest absolute Gasteiger partial charge is 0.459 e. The highest BCUT2D eigenvalue weighted by Crippen LogP contribution is 2.26. The number of nitrogens with two attached hydrogens (primary N) is 1. The Balaban J connectivity index is 2.99. The molecule has 1 rings (SSSR count). The predicted molar refractivity (Wildman–Crippen MR) is 85.4 cm³/mol. The van der Waals surface area contributed by atoms with Gasteiger partial charge in [0.25, 0.3) is 0 Å². The van der Waals surface area contributed by atoms with Crippen LogP contribution in [0.2, 0.25) is 0 Å². The standard InChI is InChI=1S/C13H21Br2N3O2/c1-6-8-17-9(14)10(15)18(8)7-13(5,16)11(19)20-12(2,3)4/h6-7,16H2,1-5H3. The molecule has 1 atom stereocenters. The summed E-state index contributed by atoms with van der Waals surface area (Å²) >= 11 is 6.82. The molecule has 0 fully saturated rings. The Kier molecular flexibility index (Phi) is 5.43. The highest BCUT2D eigenvalue weighted by molar-refractivity contribution is 9.13. The molecule has 5 nitrogen and oxygen atoms in total. The fourth-order valence-electron chi connectivity index (χ4n) is 1.66. The number of ether oxygens (including phenoxy) is 1. The molecule has 0 aliphatic carbocycles. The fourth-order valence-corrected chi connectivity index (χ4v) is 2.50. The van der Waals surface area contributed by atoms with E-state index in [2.05, 4.69) is 36.8 Å². The molecular weight excluding hydrogens is 390 g/mol. The van der Waals surface area contributed by atoms with Crippen LogP contribution in [0.25, 0.3) is 0 Å². The molecule has 114 valence electrons. The number of esters is 1. The summed E-state index contributed by atoms with van der Waals surface area (Å²) in [6.45, 7) is 9.43. The highest BCUT2D eigenvalue weighted by atomic mass is 79.9. The van der Waals surface area contributed by atoms with Crippen LogP contribution >= 0.6 is 31.9 Å². The molecule has 1 aromatic rings. The molecule has 0 bridgehead atoms. The molecule has 0 saturated heterocycles. The molecule has 0 spiro atoms. The summed E-state index contributed by atoms with van der Waals surface area (Å²) in [5.41, 5.74) is 4.46. The van der Waals surface area contributed by atoms with E-state index in [1.54, 1.807) is 6.92 Å². The zero-order chi connectivity index (χ0) is 15.7. The maximum atomic E-state index is 12.2. The van der Waals surface area contributed by atoms with Crippen LogP contribution < -0.4 is 5.73 Å². The van der Waals surface area contributed by atoms with Crippen LogP contribution in [0.15, 0.2) is 9.21 Å². The second kappa shape index (κ2) is 6.15. The molecule has 0 aliphatic rings. The number of hydrogen-bond donors (Lipinski definition) is 1. The SMILES string of the molecule is CCc1nc(Br)c(Br)n1CC(C)(N)C(=O)OC(C)(C)C. The van der Waals surface area contributed by atoms with Gasteiger partial charge in [0.15, 0.2) is 0 Å². The second-order valence-corrected chi connectivity index (χ2v) is 7.47.